The van der Waals surface area contributed by atoms with Gasteiger partial charge in [0.15, 0.2) is 0 Å². The van der Waals surface area contributed by atoms with Gasteiger partial charge in [0.1, 0.15) is 0 Å². The van der Waals surface area contributed by atoms with E-state index in [2.05, 4.69) is 46.0 Å². The molecule has 0 aliphatic carbocycles. The van der Waals surface area contributed by atoms with Gasteiger partial charge in [0.2, 0.25) is 0 Å². The van der Waals surface area contributed by atoms with Gasteiger partial charge in [-0.05, 0) is 45.0 Å². The first-order chi connectivity index (χ1) is 16.0. The lowest BCUT2D eigenvalue weighted by Crippen LogP contribution is -2.29. The van der Waals surface area contributed by atoms with Gasteiger partial charge in [0, 0.05) is 57.9 Å². The van der Waals surface area contributed by atoms with Crippen LogP contribution in [0.15, 0.2) is 54.7 Å². The molecule has 1 unspecified atom stereocenters. The smallest absolute Gasteiger partial charge is 0.259 e. The summed E-state index contributed by atoms with van der Waals surface area (Å²) in [7, 11) is 4.21. The second-order valence-corrected chi connectivity index (χ2v) is 9.39. The van der Waals surface area contributed by atoms with Crippen LogP contribution in [0, 0.1) is 5.92 Å². The lowest BCUT2D eigenvalue weighted by Gasteiger charge is -2.28. The van der Waals surface area contributed by atoms with Crippen LogP contribution in [0.4, 0.5) is 0 Å². The van der Waals surface area contributed by atoms with Crippen LogP contribution >= 0.6 is 12.4 Å². The summed E-state index contributed by atoms with van der Waals surface area (Å²) in [6, 6.07) is 16.1. The van der Waals surface area contributed by atoms with E-state index in [0.717, 1.165) is 64.6 Å². The highest BCUT2D eigenvalue weighted by atomic mass is 35.5. The van der Waals surface area contributed by atoms with E-state index in [1.54, 1.807) is 0 Å². The Morgan fingerprint density at radius 3 is 2.47 bits per heavy atom. The number of H-pyrrole nitrogens is 1. The predicted octanol–water partition coefficient (Wildman–Crippen LogP) is 4.24. The molecule has 0 radical (unpaired) electrons. The number of rotatable bonds is 4. The van der Waals surface area contributed by atoms with Gasteiger partial charge in [-0.25, -0.2) is 0 Å². The molecule has 2 aromatic carbocycles. The summed E-state index contributed by atoms with van der Waals surface area (Å²) in [5.74, 6) is -0.133. The van der Waals surface area contributed by atoms with Crippen molar-refractivity contribution in [2.24, 2.45) is 5.92 Å². The van der Waals surface area contributed by atoms with E-state index >= 15 is 0 Å². The number of nitrogens with one attached hydrogen (secondary N) is 2. The van der Waals surface area contributed by atoms with Gasteiger partial charge in [0.25, 0.3) is 11.8 Å². The van der Waals surface area contributed by atoms with Crippen molar-refractivity contribution in [3.8, 4) is 0 Å². The van der Waals surface area contributed by atoms with Crippen LogP contribution in [0.25, 0.3) is 33.0 Å². The van der Waals surface area contributed by atoms with E-state index in [0.29, 0.717) is 17.1 Å². The average molecular weight is 475 g/mol. The van der Waals surface area contributed by atoms with E-state index in [9.17, 15) is 9.59 Å². The zero-order valence-corrected chi connectivity index (χ0v) is 20.0. The van der Waals surface area contributed by atoms with Gasteiger partial charge in [-0.1, -0.05) is 36.4 Å². The molecule has 0 spiro atoms. The van der Waals surface area contributed by atoms with Crippen molar-refractivity contribution in [3.05, 3.63) is 71.5 Å². The van der Waals surface area contributed by atoms with Gasteiger partial charge < -0.3 is 14.5 Å². The van der Waals surface area contributed by atoms with Crippen LogP contribution in [0.2, 0.25) is 0 Å². The molecule has 2 aliphatic rings. The number of halogens is 1. The molecule has 2 aliphatic heterocycles. The van der Waals surface area contributed by atoms with Crippen molar-refractivity contribution < 1.29 is 9.59 Å². The van der Waals surface area contributed by atoms with Crippen LogP contribution in [0.5, 0.6) is 0 Å². The summed E-state index contributed by atoms with van der Waals surface area (Å²) in [4.78, 5) is 31.9. The van der Waals surface area contributed by atoms with E-state index < -0.39 is 0 Å². The van der Waals surface area contributed by atoms with Crippen molar-refractivity contribution in [1.29, 1.82) is 0 Å². The van der Waals surface area contributed by atoms with Crippen molar-refractivity contribution in [2.45, 2.75) is 19.4 Å². The van der Waals surface area contributed by atoms with E-state index in [1.807, 2.05) is 42.6 Å². The fourth-order valence-electron chi connectivity index (χ4n) is 5.69. The second-order valence-electron chi connectivity index (χ2n) is 9.39. The summed E-state index contributed by atoms with van der Waals surface area (Å²) in [6.45, 7) is 1.92. The fraction of sp³-hybridized carbons (Fsp3) is 0.259. The molecule has 2 N–H and O–H groups in total. The summed E-state index contributed by atoms with van der Waals surface area (Å²) >= 11 is 0. The Morgan fingerprint density at radius 1 is 0.971 bits per heavy atom. The molecule has 4 aromatic rings. The molecule has 0 fully saturated rings. The van der Waals surface area contributed by atoms with Crippen LogP contribution < -0.4 is 5.32 Å². The Kier molecular flexibility index (Phi) is 5.58. The van der Waals surface area contributed by atoms with Gasteiger partial charge in [0.05, 0.1) is 11.1 Å². The molecule has 0 bridgehead atoms. The summed E-state index contributed by atoms with van der Waals surface area (Å²) in [5, 5.41) is 4.57. The molecule has 34 heavy (non-hydrogen) atoms. The lowest BCUT2D eigenvalue weighted by molar-refractivity contribution is -0.122. The topological polar surface area (TPSA) is 70.1 Å². The lowest BCUT2D eigenvalue weighted by atomic mass is 9.89. The average Bonchev–Trinajstić information content (AvgIpc) is 3.44. The first-order valence-corrected chi connectivity index (χ1v) is 11.4. The molecule has 6 nitrogen and oxygen atoms in total. The zero-order valence-electron chi connectivity index (χ0n) is 19.2. The first-order valence-electron chi connectivity index (χ1n) is 11.4. The molecule has 2 amide bonds. The number of carbonyl (C=O) groups excluding carboxylic acids is 2. The van der Waals surface area contributed by atoms with Gasteiger partial charge in [-0.3, -0.25) is 14.9 Å². The largest absolute Gasteiger partial charge is 0.361 e. The minimum atomic E-state index is -0.329. The maximum Gasteiger partial charge on any atom is 0.259 e. The van der Waals surface area contributed by atoms with Crippen molar-refractivity contribution >= 4 is 57.2 Å². The number of para-hydroxylation sites is 2. The zero-order chi connectivity index (χ0) is 22.7. The SMILES string of the molecule is CN(C)CC1CCn2c(c(C3=C(c4c[nH]c5ccccc45)C(=O)NC3=O)c3ccccc32)C1.Cl. The first kappa shape index (κ1) is 22.4. The maximum absolute atomic E-state index is 13.3. The van der Waals surface area contributed by atoms with Crippen molar-refractivity contribution in [3.63, 3.8) is 0 Å². The Labute approximate surface area is 204 Å². The predicted molar refractivity (Wildman–Crippen MR) is 138 cm³/mol. The third-order valence-corrected chi connectivity index (χ3v) is 6.98. The minimum absolute atomic E-state index is 0. The van der Waals surface area contributed by atoms with E-state index in [4.69, 9.17) is 0 Å². The number of aromatic nitrogens is 2. The molecule has 7 heteroatoms. The third kappa shape index (κ3) is 3.37. The number of hydrogen-bond acceptors (Lipinski definition) is 3. The molecule has 6 rings (SSSR count). The molecule has 0 saturated carbocycles. The molecule has 1 atom stereocenters. The van der Waals surface area contributed by atoms with Crippen LogP contribution in [0.1, 0.15) is 23.2 Å². The molecule has 4 heterocycles. The number of fused-ring (bicyclic) bond motifs is 4. The maximum atomic E-state index is 13.3. The number of nitrogens with zero attached hydrogens (tertiary/aromatic N) is 2. The number of hydrogen-bond donors (Lipinski definition) is 2. The number of benzene rings is 2. The highest BCUT2D eigenvalue weighted by molar-refractivity contribution is 6.51. The van der Waals surface area contributed by atoms with Crippen molar-refractivity contribution in [1.82, 2.24) is 19.8 Å². The van der Waals surface area contributed by atoms with Crippen LogP contribution in [-0.4, -0.2) is 46.9 Å². The molecule has 174 valence electrons. The third-order valence-electron chi connectivity index (χ3n) is 6.98. The number of amides is 2. The Bertz CT molecular complexity index is 1480. The Hall–Kier alpha value is -3.35. The highest BCUT2D eigenvalue weighted by Crippen LogP contribution is 2.42. The number of aromatic amines is 1. The Balaban J connectivity index is 0.00000241. The summed E-state index contributed by atoms with van der Waals surface area (Å²) in [6.07, 6.45) is 3.83. The van der Waals surface area contributed by atoms with Crippen molar-refractivity contribution in [2.75, 3.05) is 20.6 Å². The molecule has 0 saturated heterocycles. The van der Waals surface area contributed by atoms with E-state index in [1.165, 1.54) is 0 Å². The van der Waals surface area contributed by atoms with Crippen LogP contribution in [-0.2, 0) is 22.6 Å². The quantitative estimate of drug-likeness (QED) is 0.435. The molecular formula is C27H27ClN4O2. The summed E-state index contributed by atoms with van der Waals surface area (Å²) in [5.41, 5.74) is 5.88. The molecule has 2 aromatic heterocycles. The van der Waals surface area contributed by atoms with Gasteiger partial charge in [-0.2, -0.15) is 0 Å². The number of imide groups is 1. The summed E-state index contributed by atoms with van der Waals surface area (Å²) < 4.78 is 2.35. The van der Waals surface area contributed by atoms with Crippen LogP contribution in [0.3, 0.4) is 0 Å². The second kappa shape index (κ2) is 8.46. The Morgan fingerprint density at radius 2 is 1.68 bits per heavy atom. The molecular weight excluding hydrogens is 448 g/mol. The normalized spacial score (nSPS) is 18.0. The van der Waals surface area contributed by atoms with Gasteiger partial charge in [-0.15, -0.1) is 12.4 Å². The highest BCUT2D eigenvalue weighted by Gasteiger charge is 2.38. The standard InChI is InChI=1S/C27H26N4O2.ClH/c1-30(2)15-16-11-12-31-21-10-6-4-8-18(21)23(22(31)13-16)25-24(26(32)29-27(25)33)19-14-28-20-9-5-3-7-17(19)20;/h3-10,14,16,28H,11-13,15H2,1-2H3,(H,29,32,33);1H. The minimum Gasteiger partial charge on any atom is -0.361 e. The number of aryl methyl sites for hydroxylation is 1. The monoisotopic (exact) mass is 474 g/mol. The fourth-order valence-corrected chi connectivity index (χ4v) is 5.69. The van der Waals surface area contributed by atoms with E-state index in [-0.39, 0.29) is 24.2 Å². The number of carbonyl (C=O) groups is 2. The van der Waals surface area contributed by atoms with Gasteiger partial charge >= 0.3 is 0 Å².